The lowest BCUT2D eigenvalue weighted by Gasteiger charge is -2.29. The molecule has 0 radical (unpaired) electrons. The minimum atomic E-state index is -0.121. The number of aromatic nitrogens is 3. The number of hydrogen-bond acceptors (Lipinski definition) is 4. The number of fused-ring (bicyclic) bond motifs is 3. The lowest BCUT2D eigenvalue weighted by Crippen LogP contribution is -2.44. The van der Waals surface area contributed by atoms with Crippen LogP contribution in [0.2, 0.25) is 0 Å². The first-order valence-electron chi connectivity index (χ1n) is 12.5. The van der Waals surface area contributed by atoms with Gasteiger partial charge in [0.1, 0.15) is 18.9 Å². The molecule has 34 heavy (non-hydrogen) atoms. The van der Waals surface area contributed by atoms with E-state index in [1.165, 1.54) is 0 Å². The molecule has 0 aliphatic heterocycles. The number of rotatable bonds is 6. The number of ketones is 1. The molecule has 1 N–H and O–H groups in total. The molecule has 2 aliphatic rings. The molecule has 1 saturated carbocycles. The van der Waals surface area contributed by atoms with Crippen molar-refractivity contribution in [2.24, 2.45) is 18.9 Å². The summed E-state index contributed by atoms with van der Waals surface area (Å²) >= 11 is 0. The Morgan fingerprint density at radius 3 is 2.82 bits per heavy atom. The molecule has 1 aromatic carbocycles. The Kier molecular flexibility index (Phi) is 6.30. The van der Waals surface area contributed by atoms with Crippen LogP contribution in [0.4, 0.5) is 0 Å². The number of benzene rings is 1. The van der Waals surface area contributed by atoms with E-state index >= 15 is 0 Å². The number of imidazole rings is 1. The highest BCUT2D eigenvalue weighted by Crippen LogP contribution is 2.34. The van der Waals surface area contributed by atoms with Crippen LogP contribution in [-0.4, -0.2) is 34.0 Å². The third kappa shape index (κ3) is 3.96. The molecule has 7 heteroatoms. The maximum Gasteiger partial charge on any atom is 0.313 e. The van der Waals surface area contributed by atoms with E-state index in [1.807, 2.05) is 43.1 Å². The monoisotopic (exact) mass is 463 g/mol. The summed E-state index contributed by atoms with van der Waals surface area (Å²) in [7, 11) is 3.98. The van der Waals surface area contributed by atoms with Gasteiger partial charge < -0.3 is 14.6 Å². The maximum absolute atomic E-state index is 13.5. The van der Waals surface area contributed by atoms with Crippen LogP contribution >= 0.6 is 0 Å². The molecule has 5 rings (SSSR count). The first-order valence-corrected chi connectivity index (χ1v) is 12.5. The maximum atomic E-state index is 13.5. The summed E-state index contributed by atoms with van der Waals surface area (Å²) in [5.74, 6) is 0.970. The first-order chi connectivity index (χ1) is 16.5. The van der Waals surface area contributed by atoms with Gasteiger partial charge in [-0.2, -0.15) is 4.57 Å². The van der Waals surface area contributed by atoms with Crippen molar-refractivity contribution < 1.29 is 18.9 Å². The smallest absolute Gasteiger partial charge is 0.313 e. The lowest BCUT2D eigenvalue weighted by atomic mass is 9.84. The van der Waals surface area contributed by atoms with Gasteiger partial charge in [-0.25, -0.2) is 4.57 Å². The van der Waals surface area contributed by atoms with Gasteiger partial charge >= 0.3 is 5.97 Å². The van der Waals surface area contributed by atoms with Crippen LogP contribution in [-0.2, 0) is 36.3 Å². The summed E-state index contributed by atoms with van der Waals surface area (Å²) < 4.78 is 11.9. The van der Waals surface area contributed by atoms with Crippen molar-refractivity contribution in [2.75, 3.05) is 7.05 Å². The molecule has 3 aromatic rings. The molecular weight excluding hydrogens is 428 g/mol. The normalized spacial score (nSPS) is 22.7. The van der Waals surface area contributed by atoms with Gasteiger partial charge in [0.2, 0.25) is 6.73 Å². The minimum absolute atomic E-state index is 0.0565. The van der Waals surface area contributed by atoms with Crippen molar-refractivity contribution in [2.45, 2.75) is 64.8 Å². The van der Waals surface area contributed by atoms with Crippen molar-refractivity contribution in [3.05, 3.63) is 53.7 Å². The van der Waals surface area contributed by atoms with E-state index in [0.717, 1.165) is 66.5 Å². The van der Waals surface area contributed by atoms with Gasteiger partial charge in [0.05, 0.1) is 11.8 Å². The molecule has 0 saturated heterocycles. The van der Waals surface area contributed by atoms with Crippen molar-refractivity contribution in [3.63, 3.8) is 0 Å². The fraction of sp³-hybridized carbons (Fsp3) is 0.519. The number of aryl methyl sites for hydroxylation is 1. The van der Waals surface area contributed by atoms with E-state index in [0.29, 0.717) is 6.54 Å². The predicted molar refractivity (Wildman–Crippen MR) is 129 cm³/mol. The number of nitrogens with zero attached hydrogens (tertiary/aromatic N) is 3. The Bertz CT molecular complexity index is 1220. The van der Waals surface area contributed by atoms with E-state index in [-0.39, 0.29) is 36.4 Å². The Morgan fingerprint density at radius 2 is 2.00 bits per heavy atom. The Balaban J connectivity index is 1.27. The number of hydrogen-bond donors (Lipinski definition) is 1. The summed E-state index contributed by atoms with van der Waals surface area (Å²) in [6.07, 6.45) is 9.82. The Hall–Kier alpha value is -2.93. The second kappa shape index (κ2) is 9.37. The number of nitrogens with one attached hydrogen (secondary N) is 1. The van der Waals surface area contributed by atoms with E-state index < -0.39 is 0 Å². The average Bonchev–Trinajstić information content (AvgIpc) is 3.36. The fourth-order valence-electron chi connectivity index (χ4n) is 5.94. The summed E-state index contributed by atoms with van der Waals surface area (Å²) in [5, 5.41) is 4.33. The van der Waals surface area contributed by atoms with Crippen molar-refractivity contribution in [1.29, 1.82) is 0 Å². The molecule has 0 bridgehead atoms. The van der Waals surface area contributed by atoms with E-state index in [1.54, 1.807) is 0 Å². The highest BCUT2D eigenvalue weighted by molar-refractivity contribution is 6.11. The SMILES string of the molecule is CN[C@@H]1CCCC[C@H]1C(=O)OC[n+]1ccn(CC2CCc3c(c4ccccc4n3C)C2=O)c1C. The van der Waals surface area contributed by atoms with Gasteiger partial charge in [-0.3, -0.25) is 9.59 Å². The molecule has 180 valence electrons. The molecule has 2 heterocycles. The highest BCUT2D eigenvalue weighted by Gasteiger charge is 2.34. The van der Waals surface area contributed by atoms with Crippen LogP contribution in [0, 0.1) is 18.8 Å². The molecule has 2 aliphatic carbocycles. The molecule has 1 unspecified atom stereocenters. The van der Waals surface area contributed by atoms with Crippen molar-refractivity contribution in [1.82, 2.24) is 14.5 Å². The highest BCUT2D eigenvalue weighted by atomic mass is 16.5. The van der Waals surface area contributed by atoms with E-state index in [9.17, 15) is 9.59 Å². The van der Waals surface area contributed by atoms with Gasteiger partial charge in [-0.05, 0) is 38.8 Å². The summed E-state index contributed by atoms with van der Waals surface area (Å²) in [6.45, 7) is 2.86. The Labute approximate surface area is 200 Å². The van der Waals surface area contributed by atoms with Gasteiger partial charge in [0.25, 0.3) is 5.82 Å². The van der Waals surface area contributed by atoms with Crippen LogP contribution < -0.4 is 9.88 Å². The zero-order chi connectivity index (χ0) is 23.8. The van der Waals surface area contributed by atoms with Crippen LogP contribution in [0.1, 0.15) is 54.0 Å². The third-order valence-corrected chi connectivity index (χ3v) is 8.04. The van der Waals surface area contributed by atoms with Crippen molar-refractivity contribution in [3.8, 4) is 0 Å². The summed E-state index contributed by atoms with van der Waals surface area (Å²) in [4.78, 5) is 26.2. The predicted octanol–water partition coefficient (Wildman–Crippen LogP) is 3.30. The number of para-hydroxylation sites is 1. The van der Waals surface area contributed by atoms with E-state index in [4.69, 9.17) is 4.74 Å². The average molecular weight is 464 g/mol. The second-order valence-corrected chi connectivity index (χ2v) is 9.84. The largest absolute Gasteiger partial charge is 0.424 e. The van der Waals surface area contributed by atoms with Gasteiger partial charge in [0.15, 0.2) is 5.78 Å². The molecule has 3 atom stereocenters. The van der Waals surface area contributed by atoms with Crippen molar-refractivity contribution >= 4 is 22.7 Å². The summed E-state index contributed by atoms with van der Waals surface area (Å²) in [6, 6.07) is 8.38. The number of Topliss-reactive ketones (excluding diaryl/α,β-unsaturated/α-hetero) is 1. The molecule has 7 nitrogen and oxygen atoms in total. The quantitative estimate of drug-likeness (QED) is 0.450. The number of esters is 1. The number of carbonyl (C=O) groups is 2. The lowest BCUT2D eigenvalue weighted by molar-refractivity contribution is -0.732. The minimum Gasteiger partial charge on any atom is -0.424 e. The fourth-order valence-corrected chi connectivity index (χ4v) is 5.94. The van der Waals surface area contributed by atoms with Gasteiger partial charge in [0, 0.05) is 42.2 Å². The van der Waals surface area contributed by atoms with Crippen LogP contribution in [0.5, 0.6) is 0 Å². The van der Waals surface area contributed by atoms with Crippen LogP contribution in [0.15, 0.2) is 36.7 Å². The first kappa shape index (κ1) is 22.8. The third-order valence-electron chi connectivity index (χ3n) is 8.04. The van der Waals surface area contributed by atoms with E-state index in [2.05, 4.69) is 33.6 Å². The second-order valence-electron chi connectivity index (χ2n) is 9.84. The number of carbonyl (C=O) groups excluding carboxylic acids is 2. The van der Waals surface area contributed by atoms with Crippen LogP contribution in [0.3, 0.4) is 0 Å². The van der Waals surface area contributed by atoms with Gasteiger partial charge in [-0.15, -0.1) is 0 Å². The zero-order valence-electron chi connectivity index (χ0n) is 20.4. The van der Waals surface area contributed by atoms with Crippen LogP contribution in [0.25, 0.3) is 10.9 Å². The summed E-state index contributed by atoms with van der Waals surface area (Å²) in [5.41, 5.74) is 3.17. The standard InChI is InChI=1S/C27H35N4O3/c1-18-30(14-15-31(18)17-34-27(33)20-8-4-6-10-22(20)28-2)16-19-12-13-24-25(26(19)32)21-9-5-7-11-23(21)29(24)3/h5,7,9,11,14-15,19-20,22,28H,4,6,8,10,12-13,16-17H2,1-3H3/q+1/t19?,20-,22-/m1/s1. The van der Waals surface area contributed by atoms with Gasteiger partial charge in [-0.1, -0.05) is 31.0 Å². The topological polar surface area (TPSA) is 69.1 Å². The molecule has 2 aromatic heterocycles. The molecule has 0 amide bonds. The molecule has 0 spiro atoms. The molecular formula is C27H35N4O3+. The Morgan fingerprint density at radius 1 is 1.21 bits per heavy atom. The number of ether oxygens (including phenoxy) is 1. The molecule has 1 fully saturated rings. The zero-order valence-corrected chi connectivity index (χ0v) is 20.4.